The highest BCUT2D eigenvalue weighted by Crippen LogP contribution is 2.52. The second-order valence-electron chi connectivity index (χ2n) is 7.60. The monoisotopic (exact) mass is 345 g/mol. The number of amides is 1. The zero-order chi connectivity index (χ0) is 16.7. The molecule has 5 atom stereocenters. The van der Waals surface area contributed by atoms with Crippen LogP contribution in [0.2, 0.25) is 0 Å². The zero-order valence-electron chi connectivity index (χ0n) is 14.6. The van der Waals surface area contributed by atoms with Crippen LogP contribution in [0.1, 0.15) is 39.5 Å². The fourth-order valence-corrected chi connectivity index (χ4v) is 6.56. The number of nitrogens with zero attached hydrogens (tertiary/aromatic N) is 2. The van der Waals surface area contributed by atoms with Crippen LogP contribution in [-0.4, -0.2) is 45.8 Å². The van der Waals surface area contributed by atoms with E-state index in [4.69, 9.17) is 4.99 Å². The van der Waals surface area contributed by atoms with Gasteiger partial charge >= 0.3 is 0 Å². The number of nitrogens with one attached hydrogen (secondary N) is 1. The van der Waals surface area contributed by atoms with Crippen molar-refractivity contribution in [3.8, 4) is 0 Å². The quantitative estimate of drug-likeness (QED) is 0.837. The van der Waals surface area contributed by atoms with Gasteiger partial charge in [-0.2, -0.15) is 0 Å². The number of carbonyl (C=O) groups excluding carboxylic acids is 1. The number of rotatable bonds is 2. The smallest absolute Gasteiger partial charge is 0.238 e. The number of allylic oxidation sites excluding steroid dienone is 3. The maximum atomic E-state index is 13.1. The largest absolute Gasteiger partial charge is 0.288 e. The third kappa shape index (κ3) is 2.57. The molecule has 4 rings (SSSR count). The van der Waals surface area contributed by atoms with Crippen LogP contribution in [0.4, 0.5) is 0 Å². The molecular formula is C19H27N3OS. The summed E-state index contributed by atoms with van der Waals surface area (Å²) in [6.45, 7) is 5.29. The van der Waals surface area contributed by atoms with Crippen LogP contribution in [-0.2, 0) is 4.79 Å². The molecule has 0 aromatic rings. The molecule has 24 heavy (non-hydrogen) atoms. The fraction of sp³-hybridized carbons (Fsp3) is 0.684. The Labute approximate surface area is 148 Å². The van der Waals surface area contributed by atoms with Crippen molar-refractivity contribution in [2.24, 2.45) is 16.8 Å². The van der Waals surface area contributed by atoms with E-state index in [1.807, 2.05) is 11.8 Å². The van der Waals surface area contributed by atoms with Crippen molar-refractivity contribution >= 4 is 23.4 Å². The van der Waals surface area contributed by atoms with Crippen molar-refractivity contribution in [1.29, 1.82) is 0 Å². The maximum Gasteiger partial charge on any atom is 0.238 e. The summed E-state index contributed by atoms with van der Waals surface area (Å²) in [6.07, 6.45) is 13.2. The van der Waals surface area contributed by atoms with Crippen LogP contribution in [0.3, 0.4) is 0 Å². The Balaban J connectivity index is 1.51. The molecule has 130 valence electrons. The molecule has 2 saturated heterocycles. The third-order valence-corrected chi connectivity index (χ3v) is 7.79. The van der Waals surface area contributed by atoms with Crippen molar-refractivity contribution in [2.45, 2.75) is 56.4 Å². The molecule has 1 spiro atoms. The van der Waals surface area contributed by atoms with Crippen molar-refractivity contribution < 1.29 is 4.79 Å². The van der Waals surface area contributed by atoms with E-state index < -0.39 is 0 Å². The van der Waals surface area contributed by atoms with Crippen molar-refractivity contribution in [2.75, 3.05) is 12.3 Å². The molecule has 4 nitrogen and oxygen atoms in total. The maximum absolute atomic E-state index is 13.1. The summed E-state index contributed by atoms with van der Waals surface area (Å²) in [6, 6.07) is 0.864. The van der Waals surface area contributed by atoms with E-state index in [2.05, 4.69) is 48.6 Å². The lowest BCUT2D eigenvalue weighted by Crippen LogP contribution is -2.56. The number of aliphatic imine (C=N–C) groups is 1. The lowest BCUT2D eigenvalue weighted by atomic mass is 9.74. The molecule has 0 bridgehead atoms. The molecule has 4 aliphatic rings. The SMILES string of the molecule is CC1CCCC(C)N1NC(=O)C1CSC23C=CC=CC2=NCCC13. The summed E-state index contributed by atoms with van der Waals surface area (Å²) in [5.74, 6) is 1.56. The van der Waals surface area contributed by atoms with Crippen LogP contribution in [0.15, 0.2) is 29.3 Å². The number of hydrogen-bond donors (Lipinski definition) is 1. The minimum Gasteiger partial charge on any atom is -0.288 e. The standard InChI is InChI=1S/C19H27N3OS/c1-13-6-5-7-14(2)22(13)21-18(23)15-12-24-19-10-4-3-8-17(19)20-11-9-16(15)19/h3-4,8,10,13-16H,5-7,9,11-12H2,1-2H3,(H,21,23). The van der Waals surface area contributed by atoms with Gasteiger partial charge in [0.25, 0.3) is 0 Å². The molecule has 0 saturated carbocycles. The fourth-order valence-electron chi connectivity index (χ4n) is 4.77. The summed E-state index contributed by atoms with van der Waals surface area (Å²) < 4.78 is -0.0614. The lowest BCUT2D eigenvalue weighted by molar-refractivity contribution is -0.134. The molecule has 1 amide bonds. The minimum atomic E-state index is -0.0614. The average Bonchev–Trinajstić information content (AvgIpc) is 2.96. The molecule has 3 aliphatic heterocycles. The first-order chi connectivity index (χ1) is 11.6. The Morgan fingerprint density at radius 1 is 1.29 bits per heavy atom. The summed E-state index contributed by atoms with van der Waals surface area (Å²) >= 11 is 1.91. The molecule has 1 aliphatic carbocycles. The lowest BCUT2D eigenvalue weighted by Gasteiger charge is -2.41. The van der Waals surface area contributed by atoms with Gasteiger partial charge in [-0.15, -0.1) is 11.8 Å². The predicted octanol–water partition coefficient (Wildman–Crippen LogP) is 2.97. The molecule has 5 unspecified atom stereocenters. The molecule has 2 fully saturated rings. The van der Waals surface area contributed by atoms with Crippen LogP contribution in [0.5, 0.6) is 0 Å². The average molecular weight is 346 g/mol. The molecular weight excluding hydrogens is 318 g/mol. The minimum absolute atomic E-state index is 0.0614. The van der Waals surface area contributed by atoms with Crippen molar-refractivity contribution in [1.82, 2.24) is 10.4 Å². The van der Waals surface area contributed by atoms with E-state index in [0.717, 1.165) is 18.7 Å². The van der Waals surface area contributed by atoms with Gasteiger partial charge in [-0.3, -0.25) is 15.2 Å². The van der Waals surface area contributed by atoms with E-state index in [-0.39, 0.29) is 16.6 Å². The van der Waals surface area contributed by atoms with Crippen LogP contribution >= 0.6 is 11.8 Å². The topological polar surface area (TPSA) is 44.7 Å². The summed E-state index contributed by atoms with van der Waals surface area (Å²) in [4.78, 5) is 17.8. The van der Waals surface area contributed by atoms with Gasteiger partial charge in [-0.05, 0) is 45.1 Å². The second-order valence-corrected chi connectivity index (χ2v) is 8.90. The first-order valence-corrected chi connectivity index (χ1v) is 10.2. The van der Waals surface area contributed by atoms with Gasteiger partial charge in [0.1, 0.15) is 0 Å². The summed E-state index contributed by atoms with van der Waals surface area (Å²) in [7, 11) is 0. The highest BCUT2D eigenvalue weighted by molar-refractivity contribution is 8.02. The summed E-state index contributed by atoms with van der Waals surface area (Å²) in [5.41, 5.74) is 4.45. The van der Waals surface area contributed by atoms with Gasteiger partial charge in [0, 0.05) is 24.4 Å². The van der Waals surface area contributed by atoms with Gasteiger partial charge in [0.15, 0.2) is 0 Å². The van der Waals surface area contributed by atoms with Gasteiger partial charge in [-0.25, -0.2) is 5.01 Å². The molecule has 3 heterocycles. The number of carbonyl (C=O) groups is 1. The van der Waals surface area contributed by atoms with Gasteiger partial charge in [0.05, 0.1) is 16.4 Å². The molecule has 5 heteroatoms. The molecule has 0 radical (unpaired) electrons. The molecule has 0 aromatic carbocycles. The van der Waals surface area contributed by atoms with Crippen LogP contribution in [0, 0.1) is 11.8 Å². The highest BCUT2D eigenvalue weighted by Gasteiger charge is 2.54. The van der Waals surface area contributed by atoms with Crippen molar-refractivity contribution in [3.63, 3.8) is 0 Å². The van der Waals surface area contributed by atoms with E-state index in [0.29, 0.717) is 18.0 Å². The van der Waals surface area contributed by atoms with Crippen LogP contribution in [0.25, 0.3) is 0 Å². The second kappa shape index (κ2) is 6.34. The number of thioether (sulfide) groups is 1. The number of piperidine rings is 1. The first kappa shape index (κ1) is 16.4. The number of hydrazine groups is 1. The van der Waals surface area contributed by atoms with E-state index in [1.54, 1.807) is 0 Å². The molecule has 0 aromatic heterocycles. The predicted molar refractivity (Wildman–Crippen MR) is 100 cm³/mol. The first-order valence-electron chi connectivity index (χ1n) is 9.25. The number of hydrogen-bond acceptors (Lipinski definition) is 4. The third-order valence-electron chi connectivity index (χ3n) is 6.14. The highest BCUT2D eigenvalue weighted by atomic mass is 32.2. The zero-order valence-corrected chi connectivity index (χ0v) is 15.4. The van der Waals surface area contributed by atoms with Crippen LogP contribution < -0.4 is 5.43 Å². The van der Waals surface area contributed by atoms with Gasteiger partial charge in [-0.1, -0.05) is 24.6 Å². The van der Waals surface area contributed by atoms with E-state index in [9.17, 15) is 4.79 Å². The Morgan fingerprint density at radius 3 is 2.88 bits per heavy atom. The van der Waals surface area contributed by atoms with Gasteiger partial charge < -0.3 is 0 Å². The van der Waals surface area contributed by atoms with E-state index >= 15 is 0 Å². The Hall–Kier alpha value is -1.07. The van der Waals surface area contributed by atoms with Gasteiger partial charge in [0.2, 0.25) is 5.91 Å². The van der Waals surface area contributed by atoms with Crippen molar-refractivity contribution in [3.05, 3.63) is 24.3 Å². The normalized spacial score (nSPS) is 41.5. The van der Waals surface area contributed by atoms with E-state index in [1.165, 1.54) is 25.0 Å². The molecule has 1 N–H and O–H groups in total. The Bertz CT molecular complexity index is 604. The summed E-state index contributed by atoms with van der Waals surface area (Å²) in [5, 5.41) is 2.20. The Morgan fingerprint density at radius 2 is 2.08 bits per heavy atom. The Kier molecular flexibility index (Phi) is 4.33.